The van der Waals surface area contributed by atoms with Crippen LogP contribution >= 0.6 is 23.2 Å². The molecule has 20 heavy (non-hydrogen) atoms. The van der Waals surface area contributed by atoms with Crippen LogP contribution in [0.1, 0.15) is 6.42 Å². The molecule has 0 spiro atoms. The van der Waals surface area contributed by atoms with Gasteiger partial charge in [-0.15, -0.1) is 0 Å². The van der Waals surface area contributed by atoms with E-state index >= 15 is 0 Å². The van der Waals surface area contributed by atoms with Gasteiger partial charge in [0.1, 0.15) is 5.92 Å². The summed E-state index contributed by atoms with van der Waals surface area (Å²) in [6, 6.07) is 4.79. The molecule has 6 nitrogen and oxygen atoms in total. The number of benzene rings is 1. The number of hydrogen-bond donors (Lipinski definition) is 2. The second-order valence-electron chi connectivity index (χ2n) is 4.27. The largest absolute Gasteiger partial charge is 0.324 e. The molecule has 1 fully saturated rings. The van der Waals surface area contributed by atoms with Crippen LogP contribution in [0, 0.1) is 5.92 Å². The lowest BCUT2D eigenvalue weighted by Crippen LogP contribution is -2.31. The van der Waals surface area contributed by atoms with Gasteiger partial charge in [-0.25, -0.2) is 0 Å². The number of hydrogen-bond acceptors (Lipinski definition) is 3. The summed E-state index contributed by atoms with van der Waals surface area (Å²) >= 11 is 11.8. The maximum Gasteiger partial charge on any atom is 0.253 e. The fourth-order valence-electron chi connectivity index (χ4n) is 1.82. The van der Waals surface area contributed by atoms with E-state index in [2.05, 4.69) is 10.7 Å². The molecule has 1 heterocycles. The Bertz CT molecular complexity index is 571. The van der Waals surface area contributed by atoms with E-state index < -0.39 is 23.6 Å². The van der Waals surface area contributed by atoms with Crippen molar-refractivity contribution in [3.8, 4) is 0 Å². The summed E-state index contributed by atoms with van der Waals surface area (Å²) in [5.41, 5.74) is 2.59. The zero-order valence-electron chi connectivity index (χ0n) is 10.4. The van der Waals surface area contributed by atoms with Gasteiger partial charge in [0, 0.05) is 13.5 Å². The van der Waals surface area contributed by atoms with Crippen molar-refractivity contribution in [2.75, 3.05) is 12.4 Å². The minimum Gasteiger partial charge on any atom is -0.324 e. The summed E-state index contributed by atoms with van der Waals surface area (Å²) < 4.78 is 0. The van der Waals surface area contributed by atoms with E-state index in [4.69, 9.17) is 23.2 Å². The van der Waals surface area contributed by atoms with E-state index in [1.165, 1.54) is 7.05 Å². The van der Waals surface area contributed by atoms with E-state index in [0.29, 0.717) is 0 Å². The number of nitrogens with one attached hydrogen (secondary N) is 2. The fourth-order valence-corrected chi connectivity index (χ4v) is 2.31. The Balaban J connectivity index is 2.07. The van der Waals surface area contributed by atoms with Crippen molar-refractivity contribution in [3.63, 3.8) is 0 Å². The summed E-state index contributed by atoms with van der Waals surface area (Å²) in [6.07, 6.45) is -0.267. The Labute approximate surface area is 125 Å². The molecule has 0 aliphatic carbocycles. The first kappa shape index (κ1) is 14.6. The van der Waals surface area contributed by atoms with Gasteiger partial charge in [0.05, 0.1) is 15.7 Å². The zero-order valence-corrected chi connectivity index (χ0v) is 12.0. The third kappa shape index (κ3) is 2.86. The standard InChI is InChI=1S/C12H11Cl2N3O3/c1-17-12(20)6(11(19)16-17)5-9(18)15-10-7(13)3-2-4-8(10)14/h2-4,6H,5H2,1H3,(H,15,18)(H,16,19). The maximum atomic E-state index is 11.9. The molecule has 1 unspecified atom stereocenters. The zero-order chi connectivity index (χ0) is 14.9. The minimum absolute atomic E-state index is 0.264. The molecule has 1 aliphatic heterocycles. The number of halogens is 2. The Hall–Kier alpha value is -1.79. The quantitative estimate of drug-likeness (QED) is 0.828. The van der Waals surface area contributed by atoms with E-state index in [0.717, 1.165) is 5.01 Å². The van der Waals surface area contributed by atoms with Crippen molar-refractivity contribution >= 4 is 46.6 Å². The number of hydrazine groups is 1. The smallest absolute Gasteiger partial charge is 0.253 e. The highest BCUT2D eigenvalue weighted by atomic mass is 35.5. The lowest BCUT2D eigenvalue weighted by atomic mass is 10.0. The van der Waals surface area contributed by atoms with E-state index in [-0.39, 0.29) is 22.2 Å². The van der Waals surface area contributed by atoms with E-state index in [1.807, 2.05) is 0 Å². The Morgan fingerprint density at radius 1 is 1.35 bits per heavy atom. The maximum absolute atomic E-state index is 11.9. The van der Waals surface area contributed by atoms with Crippen LogP contribution in [0.5, 0.6) is 0 Å². The molecule has 0 bridgehead atoms. The first-order chi connectivity index (χ1) is 9.40. The predicted molar refractivity (Wildman–Crippen MR) is 74.1 cm³/mol. The third-order valence-corrected chi connectivity index (χ3v) is 3.47. The molecule has 1 aromatic rings. The molecular formula is C12H11Cl2N3O3. The van der Waals surface area contributed by atoms with Gasteiger partial charge in [0.2, 0.25) is 5.91 Å². The molecule has 0 radical (unpaired) electrons. The van der Waals surface area contributed by atoms with Gasteiger partial charge in [-0.2, -0.15) is 0 Å². The van der Waals surface area contributed by atoms with Gasteiger partial charge in [0.15, 0.2) is 0 Å². The summed E-state index contributed by atoms with van der Waals surface area (Å²) in [7, 11) is 1.42. The van der Waals surface area contributed by atoms with Crippen LogP contribution in [0.3, 0.4) is 0 Å². The van der Waals surface area contributed by atoms with Crippen molar-refractivity contribution in [1.29, 1.82) is 0 Å². The predicted octanol–water partition coefficient (Wildman–Crippen LogP) is 1.44. The lowest BCUT2D eigenvalue weighted by molar-refractivity contribution is -0.134. The van der Waals surface area contributed by atoms with Crippen molar-refractivity contribution in [2.24, 2.45) is 5.92 Å². The van der Waals surface area contributed by atoms with Crippen LogP contribution in [0.4, 0.5) is 5.69 Å². The molecule has 8 heteroatoms. The highest BCUT2D eigenvalue weighted by molar-refractivity contribution is 6.39. The molecular weight excluding hydrogens is 305 g/mol. The molecule has 2 N–H and O–H groups in total. The molecule has 2 rings (SSSR count). The monoisotopic (exact) mass is 315 g/mol. The number of para-hydroxylation sites is 1. The Morgan fingerprint density at radius 3 is 2.45 bits per heavy atom. The Morgan fingerprint density at radius 2 is 1.95 bits per heavy atom. The molecule has 106 valence electrons. The highest BCUT2D eigenvalue weighted by Crippen LogP contribution is 2.30. The average molecular weight is 316 g/mol. The van der Waals surface area contributed by atoms with Crippen molar-refractivity contribution < 1.29 is 14.4 Å². The van der Waals surface area contributed by atoms with Crippen LogP contribution in [0.15, 0.2) is 18.2 Å². The van der Waals surface area contributed by atoms with Gasteiger partial charge in [-0.05, 0) is 12.1 Å². The lowest BCUT2D eigenvalue weighted by Gasteiger charge is -2.10. The molecule has 3 amide bonds. The number of anilines is 1. The summed E-state index contributed by atoms with van der Waals surface area (Å²) in [5.74, 6) is -2.49. The highest BCUT2D eigenvalue weighted by Gasteiger charge is 2.38. The number of carbonyl (C=O) groups is 3. The first-order valence-corrected chi connectivity index (χ1v) is 6.47. The van der Waals surface area contributed by atoms with Crippen molar-refractivity contribution in [2.45, 2.75) is 6.42 Å². The van der Waals surface area contributed by atoms with Gasteiger partial charge in [0.25, 0.3) is 11.8 Å². The van der Waals surface area contributed by atoms with Crippen molar-refractivity contribution in [1.82, 2.24) is 10.4 Å². The van der Waals surface area contributed by atoms with Crippen LogP contribution in [-0.2, 0) is 14.4 Å². The van der Waals surface area contributed by atoms with Gasteiger partial charge in [-0.3, -0.25) is 24.8 Å². The summed E-state index contributed by atoms with van der Waals surface area (Å²) in [5, 5.41) is 4.13. The topological polar surface area (TPSA) is 78.5 Å². The normalized spacial score (nSPS) is 18.1. The summed E-state index contributed by atoms with van der Waals surface area (Å²) in [4.78, 5) is 35.1. The van der Waals surface area contributed by atoms with Crippen molar-refractivity contribution in [3.05, 3.63) is 28.2 Å². The van der Waals surface area contributed by atoms with Crippen LogP contribution in [-0.4, -0.2) is 29.8 Å². The molecule has 0 saturated carbocycles. The fraction of sp³-hybridized carbons (Fsp3) is 0.250. The van der Waals surface area contributed by atoms with Crippen LogP contribution in [0.25, 0.3) is 0 Å². The summed E-state index contributed by atoms with van der Waals surface area (Å²) in [6.45, 7) is 0. The third-order valence-electron chi connectivity index (χ3n) is 2.84. The molecule has 1 saturated heterocycles. The Kier molecular flexibility index (Phi) is 4.15. The van der Waals surface area contributed by atoms with Crippen LogP contribution in [0.2, 0.25) is 10.0 Å². The number of carbonyl (C=O) groups excluding carboxylic acids is 3. The number of amides is 3. The number of nitrogens with zero attached hydrogens (tertiary/aromatic N) is 1. The van der Waals surface area contributed by atoms with E-state index in [1.54, 1.807) is 18.2 Å². The van der Waals surface area contributed by atoms with E-state index in [9.17, 15) is 14.4 Å². The second kappa shape index (κ2) is 5.68. The van der Waals surface area contributed by atoms with Gasteiger partial charge < -0.3 is 5.32 Å². The second-order valence-corrected chi connectivity index (χ2v) is 5.09. The number of rotatable bonds is 3. The SMILES string of the molecule is CN1NC(=O)C(CC(=O)Nc2c(Cl)cccc2Cl)C1=O. The molecule has 1 atom stereocenters. The molecule has 1 aromatic carbocycles. The van der Waals surface area contributed by atoms with Crippen LogP contribution < -0.4 is 10.7 Å². The van der Waals surface area contributed by atoms with Gasteiger partial charge in [-0.1, -0.05) is 29.3 Å². The van der Waals surface area contributed by atoms with Gasteiger partial charge >= 0.3 is 0 Å². The molecule has 1 aliphatic rings. The first-order valence-electron chi connectivity index (χ1n) is 5.72. The molecule has 0 aromatic heterocycles. The minimum atomic E-state index is -1.03. The average Bonchev–Trinajstić information content (AvgIpc) is 2.61.